The monoisotopic (exact) mass is 320 g/mol. The topological polar surface area (TPSA) is 0 Å². The van der Waals surface area contributed by atoms with E-state index in [1.807, 2.05) is 36.5 Å². The molecule has 0 aromatic rings. The van der Waals surface area contributed by atoms with Crippen molar-refractivity contribution in [2.75, 3.05) is 0 Å². The smallest absolute Gasteiger partial charge is 0.0196 e. The van der Waals surface area contributed by atoms with Gasteiger partial charge in [0.15, 0.2) is 0 Å². The number of allylic oxidation sites excluding steroid dienone is 12. The van der Waals surface area contributed by atoms with Crippen LogP contribution < -0.4 is 0 Å². The normalized spacial score (nSPS) is 12.6. The summed E-state index contributed by atoms with van der Waals surface area (Å²) in [4.78, 5) is 0. The van der Waals surface area contributed by atoms with Gasteiger partial charge in [-0.05, 0) is 34.6 Å². The predicted octanol–water partition coefficient (Wildman–Crippen LogP) is 7.45. The van der Waals surface area contributed by atoms with Gasteiger partial charge in [0.2, 0.25) is 0 Å². The maximum Gasteiger partial charge on any atom is -0.0196 e. The van der Waals surface area contributed by atoms with E-state index < -0.39 is 0 Å². The van der Waals surface area contributed by atoms with Gasteiger partial charge in [-0.1, -0.05) is 114 Å². The first-order valence-corrected chi connectivity index (χ1v) is 8.43. The lowest BCUT2D eigenvalue weighted by atomic mass is 9.95. The zero-order valence-electron chi connectivity index (χ0n) is 15.5. The fraction of sp³-hybridized carbons (Fsp3) is 0.250. The average Bonchev–Trinajstić information content (AvgIpc) is 2.58. The molecular formula is C24H32. The minimum absolute atomic E-state index is 0.498. The lowest BCUT2D eigenvalue weighted by molar-refractivity contribution is 0.582. The summed E-state index contributed by atoms with van der Waals surface area (Å²) in [5.41, 5.74) is 4.53. The molecule has 0 heterocycles. The lowest BCUT2D eigenvalue weighted by Gasteiger charge is -2.10. The molecule has 0 bridgehead atoms. The summed E-state index contributed by atoms with van der Waals surface area (Å²) in [5, 5.41) is 0. The van der Waals surface area contributed by atoms with Gasteiger partial charge in [-0.25, -0.2) is 0 Å². The highest BCUT2D eigenvalue weighted by Gasteiger charge is 2.03. The molecule has 0 radical (unpaired) electrons. The van der Waals surface area contributed by atoms with Crippen molar-refractivity contribution in [2.45, 2.75) is 33.1 Å². The molecule has 0 rings (SSSR count). The van der Waals surface area contributed by atoms with Crippen LogP contribution in [0.3, 0.4) is 0 Å². The van der Waals surface area contributed by atoms with Gasteiger partial charge in [0.25, 0.3) is 0 Å². The summed E-state index contributed by atoms with van der Waals surface area (Å²) in [6.07, 6.45) is 16.9. The van der Waals surface area contributed by atoms with Crippen LogP contribution in [0.1, 0.15) is 33.1 Å². The molecule has 0 aliphatic rings. The van der Waals surface area contributed by atoms with Gasteiger partial charge in [0, 0.05) is 0 Å². The minimum Gasteiger partial charge on any atom is -0.0991 e. The molecule has 0 amide bonds. The SMILES string of the molecule is C=C/C=C\C(=C)C(=C)/C=C\C(=C)C(=C)/C=C\C(=C)C(C)CCCC. The first-order chi connectivity index (χ1) is 11.3. The summed E-state index contributed by atoms with van der Waals surface area (Å²) in [6.45, 7) is 28.3. The molecule has 0 aromatic carbocycles. The van der Waals surface area contributed by atoms with Crippen molar-refractivity contribution in [3.05, 3.63) is 110 Å². The van der Waals surface area contributed by atoms with E-state index in [0.717, 1.165) is 27.9 Å². The zero-order valence-corrected chi connectivity index (χ0v) is 15.5. The van der Waals surface area contributed by atoms with Gasteiger partial charge in [0.1, 0.15) is 0 Å². The van der Waals surface area contributed by atoms with E-state index in [1.165, 1.54) is 19.3 Å². The van der Waals surface area contributed by atoms with Crippen LogP contribution in [0, 0.1) is 5.92 Å². The molecule has 0 nitrogen and oxygen atoms in total. The fourth-order valence-electron chi connectivity index (χ4n) is 1.88. The third kappa shape index (κ3) is 8.95. The van der Waals surface area contributed by atoms with Gasteiger partial charge >= 0.3 is 0 Å². The van der Waals surface area contributed by atoms with E-state index in [1.54, 1.807) is 6.08 Å². The quantitative estimate of drug-likeness (QED) is 0.328. The highest BCUT2D eigenvalue weighted by Crippen LogP contribution is 2.19. The predicted molar refractivity (Wildman–Crippen MR) is 112 cm³/mol. The van der Waals surface area contributed by atoms with E-state index >= 15 is 0 Å². The molecule has 0 N–H and O–H groups in total. The minimum atomic E-state index is 0.498. The highest BCUT2D eigenvalue weighted by atomic mass is 14.1. The number of hydrogen-bond acceptors (Lipinski definition) is 0. The summed E-state index contributed by atoms with van der Waals surface area (Å²) in [7, 11) is 0. The number of unbranched alkanes of at least 4 members (excludes halogenated alkanes) is 1. The standard InChI is InChI=1S/C24H32/c1-9-11-13-19(3)21(5)15-17-23(7)24(8)18-16-22(6)20(4)14-12-10-2/h9,11,13,15-18,20H,1,3,5-8,10,12,14H2,2,4H3/b13-11-,17-15-,18-16-. The van der Waals surface area contributed by atoms with Crippen LogP contribution in [0.5, 0.6) is 0 Å². The van der Waals surface area contributed by atoms with Gasteiger partial charge in [0.05, 0.1) is 0 Å². The molecule has 0 heteroatoms. The molecule has 1 atom stereocenters. The van der Waals surface area contributed by atoms with E-state index in [2.05, 4.69) is 53.3 Å². The Morgan fingerprint density at radius 3 is 1.71 bits per heavy atom. The van der Waals surface area contributed by atoms with E-state index in [9.17, 15) is 0 Å². The summed E-state index contributed by atoms with van der Waals surface area (Å²) in [6, 6.07) is 0. The third-order valence-electron chi connectivity index (χ3n) is 3.87. The van der Waals surface area contributed by atoms with Crippen molar-refractivity contribution in [1.29, 1.82) is 0 Å². The summed E-state index contributed by atoms with van der Waals surface area (Å²) < 4.78 is 0. The Hall–Kier alpha value is -2.34. The maximum atomic E-state index is 4.15. The molecule has 0 fully saturated rings. The van der Waals surface area contributed by atoms with Crippen LogP contribution >= 0.6 is 0 Å². The Morgan fingerprint density at radius 1 is 0.792 bits per heavy atom. The second-order valence-electron chi connectivity index (χ2n) is 5.98. The molecule has 0 spiro atoms. The maximum absolute atomic E-state index is 4.15. The van der Waals surface area contributed by atoms with Crippen LogP contribution in [0.4, 0.5) is 0 Å². The van der Waals surface area contributed by atoms with Crippen LogP contribution in [0.25, 0.3) is 0 Å². The van der Waals surface area contributed by atoms with Crippen LogP contribution in [0.2, 0.25) is 0 Å². The Morgan fingerprint density at radius 2 is 1.25 bits per heavy atom. The zero-order chi connectivity index (χ0) is 18.5. The van der Waals surface area contributed by atoms with E-state index in [4.69, 9.17) is 0 Å². The van der Waals surface area contributed by atoms with Gasteiger partial charge in [-0.3, -0.25) is 0 Å². The molecule has 128 valence electrons. The summed E-state index contributed by atoms with van der Waals surface area (Å²) in [5.74, 6) is 0.498. The van der Waals surface area contributed by atoms with Crippen molar-refractivity contribution in [3.8, 4) is 0 Å². The van der Waals surface area contributed by atoms with E-state index in [-0.39, 0.29) is 0 Å². The molecule has 0 aliphatic heterocycles. The third-order valence-corrected chi connectivity index (χ3v) is 3.87. The van der Waals surface area contributed by atoms with Crippen LogP contribution in [-0.2, 0) is 0 Å². The van der Waals surface area contributed by atoms with Gasteiger partial charge in [-0.2, -0.15) is 0 Å². The molecule has 24 heavy (non-hydrogen) atoms. The Kier molecular flexibility index (Phi) is 10.9. The number of rotatable bonds is 12. The first-order valence-electron chi connectivity index (χ1n) is 8.43. The van der Waals surface area contributed by atoms with Crippen LogP contribution in [-0.4, -0.2) is 0 Å². The second-order valence-corrected chi connectivity index (χ2v) is 5.98. The Balaban J connectivity index is 4.61. The molecule has 1 unspecified atom stereocenters. The molecular weight excluding hydrogens is 288 g/mol. The van der Waals surface area contributed by atoms with E-state index in [0.29, 0.717) is 5.92 Å². The van der Waals surface area contributed by atoms with Crippen molar-refractivity contribution in [2.24, 2.45) is 5.92 Å². The Labute approximate surface area is 149 Å². The molecule has 0 aromatic heterocycles. The Bertz CT molecular complexity index is 588. The van der Waals surface area contributed by atoms with Crippen molar-refractivity contribution in [1.82, 2.24) is 0 Å². The number of hydrogen-bond donors (Lipinski definition) is 0. The van der Waals surface area contributed by atoms with Crippen LogP contribution in [0.15, 0.2) is 110 Å². The first kappa shape index (κ1) is 21.7. The summed E-state index contributed by atoms with van der Waals surface area (Å²) >= 11 is 0. The lowest BCUT2D eigenvalue weighted by Crippen LogP contribution is -1.95. The van der Waals surface area contributed by atoms with Crippen molar-refractivity contribution in [3.63, 3.8) is 0 Å². The average molecular weight is 321 g/mol. The van der Waals surface area contributed by atoms with Crippen molar-refractivity contribution >= 4 is 0 Å². The molecule has 0 saturated heterocycles. The fourth-order valence-corrected chi connectivity index (χ4v) is 1.88. The second kappa shape index (κ2) is 12.1. The molecule has 0 saturated carbocycles. The molecule has 0 aliphatic carbocycles. The highest BCUT2D eigenvalue weighted by molar-refractivity contribution is 5.49. The van der Waals surface area contributed by atoms with Crippen molar-refractivity contribution < 1.29 is 0 Å². The van der Waals surface area contributed by atoms with Gasteiger partial charge < -0.3 is 0 Å². The van der Waals surface area contributed by atoms with Gasteiger partial charge in [-0.15, -0.1) is 0 Å². The largest absolute Gasteiger partial charge is 0.0991 e.